The third kappa shape index (κ3) is 4.13. The number of halogens is 1. The van der Waals surface area contributed by atoms with Gasteiger partial charge < -0.3 is 19.5 Å². The summed E-state index contributed by atoms with van der Waals surface area (Å²) < 4.78 is 16.1. The fraction of sp³-hybridized carbons (Fsp3) is 0.368. The first-order valence-electron chi connectivity index (χ1n) is 7.78. The number of nitrogens with one attached hydrogen (secondary N) is 1. The number of hydrogen-bond donors (Lipinski definition) is 1. The molecule has 1 unspecified atom stereocenters. The molecule has 0 heterocycles. The van der Waals surface area contributed by atoms with Crippen LogP contribution in [-0.2, 0) is 6.54 Å². The van der Waals surface area contributed by atoms with Crippen molar-refractivity contribution in [3.05, 3.63) is 52.0 Å². The van der Waals surface area contributed by atoms with Gasteiger partial charge in [-0.25, -0.2) is 0 Å². The van der Waals surface area contributed by atoms with Crippen LogP contribution in [0.5, 0.6) is 17.2 Å². The minimum Gasteiger partial charge on any atom is -0.496 e. The van der Waals surface area contributed by atoms with E-state index in [9.17, 15) is 0 Å². The fourth-order valence-corrected chi connectivity index (χ4v) is 2.96. The predicted molar refractivity (Wildman–Crippen MR) is 97.5 cm³/mol. The van der Waals surface area contributed by atoms with Crippen molar-refractivity contribution < 1.29 is 14.2 Å². The second-order valence-corrected chi connectivity index (χ2v) is 6.07. The van der Waals surface area contributed by atoms with Gasteiger partial charge in [-0.05, 0) is 37.6 Å². The molecular formula is C19H24ClNO3. The molecule has 0 aromatic heterocycles. The molecule has 1 N–H and O–H groups in total. The summed E-state index contributed by atoms with van der Waals surface area (Å²) in [7, 11) is 4.87. The van der Waals surface area contributed by atoms with Crippen LogP contribution in [0.1, 0.15) is 29.7 Å². The number of ether oxygens (including phenoxy) is 3. The highest BCUT2D eigenvalue weighted by atomic mass is 35.5. The summed E-state index contributed by atoms with van der Waals surface area (Å²) >= 11 is 6.26. The Bertz CT molecular complexity index is 703. The summed E-state index contributed by atoms with van der Waals surface area (Å²) in [6, 6.07) is 10.1. The van der Waals surface area contributed by atoms with Crippen LogP contribution in [0.15, 0.2) is 30.3 Å². The Morgan fingerprint density at radius 2 is 1.71 bits per heavy atom. The average molecular weight is 350 g/mol. The number of hydrogen-bond acceptors (Lipinski definition) is 4. The SMILES string of the molecule is COc1ccc(C)cc1C(C)NCc1cc(Cl)c(OC)c(OC)c1. The number of methoxy groups -OCH3 is 3. The van der Waals surface area contributed by atoms with Gasteiger partial charge in [-0.15, -0.1) is 0 Å². The van der Waals surface area contributed by atoms with E-state index >= 15 is 0 Å². The van der Waals surface area contributed by atoms with Gasteiger partial charge in [-0.1, -0.05) is 29.3 Å². The molecule has 1 atom stereocenters. The normalized spacial score (nSPS) is 11.9. The van der Waals surface area contributed by atoms with Crippen molar-refractivity contribution >= 4 is 11.6 Å². The lowest BCUT2D eigenvalue weighted by molar-refractivity contribution is 0.354. The van der Waals surface area contributed by atoms with Gasteiger partial charge in [0.05, 0.1) is 26.4 Å². The highest BCUT2D eigenvalue weighted by Crippen LogP contribution is 2.36. The van der Waals surface area contributed by atoms with Crippen LogP contribution in [0.4, 0.5) is 0 Å². The van der Waals surface area contributed by atoms with E-state index in [0.29, 0.717) is 23.1 Å². The molecule has 5 heteroatoms. The lowest BCUT2D eigenvalue weighted by Gasteiger charge is -2.19. The molecule has 130 valence electrons. The molecule has 0 radical (unpaired) electrons. The molecule has 0 bridgehead atoms. The Labute approximate surface area is 148 Å². The number of rotatable bonds is 7. The van der Waals surface area contributed by atoms with Crippen molar-refractivity contribution in [2.45, 2.75) is 26.4 Å². The van der Waals surface area contributed by atoms with Crippen molar-refractivity contribution in [3.8, 4) is 17.2 Å². The Balaban J connectivity index is 2.16. The molecule has 0 spiro atoms. The standard InChI is InChI=1S/C19H24ClNO3/c1-12-6-7-17(22-3)15(8-12)13(2)21-11-14-9-16(20)19(24-5)18(10-14)23-4/h6-10,13,21H,11H2,1-5H3. The molecule has 2 rings (SSSR count). The quantitative estimate of drug-likeness (QED) is 0.797. The summed E-state index contributed by atoms with van der Waals surface area (Å²) in [5, 5.41) is 4.03. The summed E-state index contributed by atoms with van der Waals surface area (Å²) in [4.78, 5) is 0. The van der Waals surface area contributed by atoms with E-state index in [2.05, 4.69) is 25.2 Å². The highest BCUT2D eigenvalue weighted by molar-refractivity contribution is 6.32. The van der Waals surface area contributed by atoms with E-state index in [0.717, 1.165) is 16.9 Å². The maximum absolute atomic E-state index is 6.26. The van der Waals surface area contributed by atoms with Crippen LogP contribution in [0.2, 0.25) is 5.02 Å². The van der Waals surface area contributed by atoms with Crippen LogP contribution in [0.25, 0.3) is 0 Å². The van der Waals surface area contributed by atoms with Crippen LogP contribution in [0, 0.1) is 6.92 Å². The first kappa shape index (κ1) is 18.4. The van der Waals surface area contributed by atoms with Gasteiger partial charge in [-0.2, -0.15) is 0 Å². The largest absolute Gasteiger partial charge is 0.496 e. The van der Waals surface area contributed by atoms with E-state index in [1.54, 1.807) is 21.3 Å². The summed E-state index contributed by atoms with van der Waals surface area (Å²) in [5.41, 5.74) is 3.36. The molecule has 24 heavy (non-hydrogen) atoms. The monoisotopic (exact) mass is 349 g/mol. The Kier molecular flexibility index (Phi) is 6.35. The molecule has 0 aliphatic rings. The van der Waals surface area contributed by atoms with Crippen LogP contribution >= 0.6 is 11.6 Å². The molecule has 0 amide bonds. The summed E-state index contributed by atoms with van der Waals surface area (Å²) in [6.45, 7) is 4.84. The van der Waals surface area contributed by atoms with E-state index in [1.807, 2.05) is 24.3 Å². The maximum Gasteiger partial charge on any atom is 0.179 e. The lowest BCUT2D eigenvalue weighted by atomic mass is 10.0. The first-order valence-corrected chi connectivity index (χ1v) is 8.16. The van der Waals surface area contributed by atoms with Crippen LogP contribution in [-0.4, -0.2) is 21.3 Å². The first-order chi connectivity index (χ1) is 11.5. The topological polar surface area (TPSA) is 39.7 Å². The Morgan fingerprint density at radius 3 is 2.33 bits per heavy atom. The van der Waals surface area contributed by atoms with Gasteiger partial charge in [0.1, 0.15) is 5.75 Å². The van der Waals surface area contributed by atoms with Crippen LogP contribution in [0.3, 0.4) is 0 Å². The van der Waals surface area contributed by atoms with Gasteiger partial charge >= 0.3 is 0 Å². The van der Waals surface area contributed by atoms with Gasteiger partial charge in [0, 0.05) is 18.2 Å². The zero-order chi connectivity index (χ0) is 17.7. The van der Waals surface area contributed by atoms with Crippen molar-refractivity contribution in [3.63, 3.8) is 0 Å². The molecule has 0 aliphatic carbocycles. The molecule has 2 aromatic carbocycles. The molecular weight excluding hydrogens is 326 g/mol. The van der Waals surface area contributed by atoms with Gasteiger partial charge in [0.2, 0.25) is 0 Å². The van der Waals surface area contributed by atoms with E-state index in [1.165, 1.54) is 5.56 Å². The zero-order valence-corrected chi connectivity index (χ0v) is 15.5. The third-order valence-corrected chi connectivity index (χ3v) is 4.24. The third-order valence-electron chi connectivity index (χ3n) is 3.96. The second-order valence-electron chi connectivity index (χ2n) is 5.66. The van der Waals surface area contributed by atoms with Crippen molar-refractivity contribution in [1.29, 1.82) is 0 Å². The van der Waals surface area contributed by atoms with Crippen molar-refractivity contribution in [2.24, 2.45) is 0 Å². The summed E-state index contributed by atoms with van der Waals surface area (Å²) in [6.07, 6.45) is 0. The summed E-state index contributed by atoms with van der Waals surface area (Å²) in [5.74, 6) is 2.06. The van der Waals surface area contributed by atoms with Gasteiger partial charge in [0.15, 0.2) is 11.5 Å². The molecule has 0 saturated carbocycles. The van der Waals surface area contributed by atoms with Gasteiger partial charge in [0.25, 0.3) is 0 Å². The van der Waals surface area contributed by atoms with E-state index < -0.39 is 0 Å². The van der Waals surface area contributed by atoms with E-state index in [4.69, 9.17) is 25.8 Å². The molecule has 0 aliphatic heterocycles. The fourth-order valence-electron chi connectivity index (χ4n) is 2.65. The minimum atomic E-state index is 0.131. The second kappa shape index (κ2) is 8.27. The number of benzene rings is 2. The smallest absolute Gasteiger partial charge is 0.179 e. The maximum atomic E-state index is 6.26. The van der Waals surface area contributed by atoms with Crippen molar-refractivity contribution in [1.82, 2.24) is 5.32 Å². The molecule has 0 saturated heterocycles. The zero-order valence-electron chi connectivity index (χ0n) is 14.8. The minimum absolute atomic E-state index is 0.131. The van der Waals surface area contributed by atoms with Crippen molar-refractivity contribution in [2.75, 3.05) is 21.3 Å². The molecule has 4 nitrogen and oxygen atoms in total. The average Bonchev–Trinajstić information content (AvgIpc) is 2.58. The number of aryl methyl sites for hydroxylation is 1. The lowest BCUT2D eigenvalue weighted by Crippen LogP contribution is -2.19. The predicted octanol–water partition coefficient (Wildman–Crippen LogP) is 4.53. The van der Waals surface area contributed by atoms with Crippen LogP contribution < -0.4 is 19.5 Å². The van der Waals surface area contributed by atoms with Gasteiger partial charge in [-0.3, -0.25) is 0 Å². The molecule has 2 aromatic rings. The van der Waals surface area contributed by atoms with E-state index in [-0.39, 0.29) is 6.04 Å². The highest BCUT2D eigenvalue weighted by Gasteiger charge is 2.14. The molecule has 0 fully saturated rings. The Morgan fingerprint density at radius 1 is 1.00 bits per heavy atom. The Hall–Kier alpha value is -1.91.